The van der Waals surface area contributed by atoms with Gasteiger partial charge in [0.05, 0.1) is 16.8 Å². The highest BCUT2D eigenvalue weighted by molar-refractivity contribution is 6.21. The van der Waals surface area contributed by atoms with Crippen molar-refractivity contribution in [1.29, 1.82) is 0 Å². The average molecular weight is 447 g/mol. The van der Waals surface area contributed by atoms with E-state index in [0.717, 1.165) is 4.90 Å². The molecule has 3 amide bonds. The fourth-order valence-electron chi connectivity index (χ4n) is 4.33. The maximum absolute atomic E-state index is 14.3. The predicted molar refractivity (Wildman–Crippen MR) is 119 cm³/mol. The van der Waals surface area contributed by atoms with Gasteiger partial charge in [-0.1, -0.05) is 24.3 Å². The molecule has 2 aliphatic rings. The lowest BCUT2D eigenvalue weighted by molar-refractivity contribution is -0.131. The molecule has 0 spiro atoms. The maximum Gasteiger partial charge on any atom is 0.261 e. The van der Waals surface area contributed by atoms with Gasteiger partial charge in [-0.15, -0.1) is 0 Å². The number of anilines is 1. The summed E-state index contributed by atoms with van der Waals surface area (Å²) in [4.78, 5) is 47.0. The van der Waals surface area contributed by atoms with Gasteiger partial charge in [-0.3, -0.25) is 23.9 Å². The molecule has 0 aliphatic carbocycles. The van der Waals surface area contributed by atoms with Crippen LogP contribution in [0.5, 0.6) is 0 Å². The van der Waals surface area contributed by atoms with Gasteiger partial charge in [-0.25, -0.2) is 9.37 Å². The Hall–Kier alpha value is -4.01. The van der Waals surface area contributed by atoms with Crippen molar-refractivity contribution in [1.82, 2.24) is 19.4 Å². The fourth-order valence-corrected chi connectivity index (χ4v) is 4.33. The van der Waals surface area contributed by atoms with E-state index in [0.29, 0.717) is 48.9 Å². The van der Waals surface area contributed by atoms with E-state index < -0.39 is 0 Å². The van der Waals surface area contributed by atoms with Crippen molar-refractivity contribution in [2.45, 2.75) is 6.42 Å². The summed E-state index contributed by atoms with van der Waals surface area (Å²) in [6.07, 6.45) is 3.42. The number of nitrogens with zero attached hydrogens (tertiary/aromatic N) is 5. The maximum atomic E-state index is 14.3. The van der Waals surface area contributed by atoms with E-state index in [9.17, 15) is 18.8 Å². The van der Waals surface area contributed by atoms with E-state index in [1.807, 2.05) is 4.90 Å². The predicted octanol–water partition coefficient (Wildman–Crippen LogP) is 2.35. The number of aromatic nitrogens is 2. The first-order chi connectivity index (χ1) is 16.0. The van der Waals surface area contributed by atoms with Crippen LogP contribution in [0.15, 0.2) is 60.9 Å². The molecule has 5 rings (SSSR count). The summed E-state index contributed by atoms with van der Waals surface area (Å²) in [6, 6.07) is 13.2. The molecule has 0 bridgehead atoms. The number of imidazole rings is 1. The molecular weight excluding hydrogens is 425 g/mol. The standard InChI is InChI=1S/C24H22FN5O3/c25-19-7-3-4-8-20(19)29-12-10-26-24(29)28-15-13-27(14-16-28)21(31)9-11-30-22(32)17-5-1-2-6-18(17)23(30)33/h1-8,10,12H,9,11,13-16H2. The number of fused-ring (bicyclic) bond motifs is 1. The highest BCUT2D eigenvalue weighted by Crippen LogP contribution is 2.24. The highest BCUT2D eigenvalue weighted by Gasteiger charge is 2.35. The van der Waals surface area contributed by atoms with Crippen LogP contribution < -0.4 is 4.90 Å². The minimum atomic E-state index is -0.354. The number of carbonyl (C=O) groups is 3. The van der Waals surface area contributed by atoms with E-state index in [-0.39, 0.29) is 36.5 Å². The molecule has 1 aromatic heterocycles. The zero-order valence-electron chi connectivity index (χ0n) is 17.9. The smallest absolute Gasteiger partial charge is 0.261 e. The molecule has 9 heteroatoms. The third-order valence-electron chi connectivity index (χ3n) is 6.08. The van der Waals surface area contributed by atoms with E-state index in [2.05, 4.69) is 4.98 Å². The van der Waals surface area contributed by atoms with Crippen LogP contribution in [-0.2, 0) is 4.79 Å². The topological polar surface area (TPSA) is 78.8 Å². The van der Waals surface area contributed by atoms with Crippen molar-refractivity contribution in [2.24, 2.45) is 0 Å². The largest absolute Gasteiger partial charge is 0.339 e. The van der Waals surface area contributed by atoms with Crippen molar-refractivity contribution in [3.63, 3.8) is 0 Å². The minimum Gasteiger partial charge on any atom is -0.339 e. The van der Waals surface area contributed by atoms with Crippen molar-refractivity contribution >= 4 is 23.7 Å². The van der Waals surface area contributed by atoms with Crippen molar-refractivity contribution in [3.05, 3.63) is 77.9 Å². The van der Waals surface area contributed by atoms with Gasteiger partial charge in [0.25, 0.3) is 11.8 Å². The molecule has 0 N–H and O–H groups in total. The number of rotatable bonds is 5. The Morgan fingerprint density at radius 1 is 0.909 bits per heavy atom. The zero-order valence-corrected chi connectivity index (χ0v) is 17.9. The number of para-hydroxylation sites is 1. The Morgan fingerprint density at radius 3 is 2.21 bits per heavy atom. The van der Waals surface area contributed by atoms with Crippen LogP contribution in [0, 0.1) is 5.82 Å². The summed E-state index contributed by atoms with van der Waals surface area (Å²) in [6.45, 7) is 2.10. The molecule has 1 fully saturated rings. The molecule has 3 aromatic rings. The molecule has 0 saturated carbocycles. The Morgan fingerprint density at radius 2 is 1.55 bits per heavy atom. The monoisotopic (exact) mass is 447 g/mol. The molecule has 1 saturated heterocycles. The van der Waals surface area contributed by atoms with Gasteiger partial charge in [0.2, 0.25) is 11.9 Å². The Labute approximate surface area is 189 Å². The first-order valence-electron chi connectivity index (χ1n) is 10.8. The SMILES string of the molecule is O=C(CCN1C(=O)c2ccccc2C1=O)N1CCN(c2nccn2-c2ccccc2F)CC1. The van der Waals surface area contributed by atoms with Crippen LogP contribution >= 0.6 is 0 Å². The first kappa shape index (κ1) is 20.9. The first-order valence-corrected chi connectivity index (χ1v) is 10.8. The van der Waals surface area contributed by atoms with E-state index in [1.54, 1.807) is 64.3 Å². The van der Waals surface area contributed by atoms with Crippen LogP contribution in [0.3, 0.4) is 0 Å². The van der Waals surface area contributed by atoms with Gasteiger partial charge < -0.3 is 9.80 Å². The number of piperazine rings is 1. The van der Waals surface area contributed by atoms with Crippen LogP contribution in [-0.4, -0.2) is 69.8 Å². The summed E-state index contributed by atoms with van der Waals surface area (Å²) in [5, 5.41) is 0. The summed E-state index contributed by atoms with van der Waals surface area (Å²) in [7, 11) is 0. The fraction of sp³-hybridized carbons (Fsp3) is 0.250. The Balaban J connectivity index is 1.19. The summed E-state index contributed by atoms with van der Waals surface area (Å²) in [5.41, 5.74) is 1.19. The van der Waals surface area contributed by atoms with Crippen LogP contribution in [0.1, 0.15) is 27.1 Å². The van der Waals surface area contributed by atoms with Gasteiger partial charge in [-0.05, 0) is 24.3 Å². The number of hydrogen-bond donors (Lipinski definition) is 0. The van der Waals surface area contributed by atoms with Gasteiger partial charge in [0.15, 0.2) is 0 Å². The molecule has 2 aliphatic heterocycles. The Bertz CT molecular complexity index is 1200. The average Bonchev–Trinajstić information content (AvgIpc) is 3.42. The van der Waals surface area contributed by atoms with Crippen molar-refractivity contribution in [3.8, 4) is 5.69 Å². The highest BCUT2D eigenvalue weighted by atomic mass is 19.1. The lowest BCUT2D eigenvalue weighted by Crippen LogP contribution is -2.50. The third-order valence-corrected chi connectivity index (χ3v) is 6.08. The van der Waals surface area contributed by atoms with E-state index in [4.69, 9.17) is 0 Å². The normalized spacial score (nSPS) is 15.8. The van der Waals surface area contributed by atoms with Gasteiger partial charge >= 0.3 is 0 Å². The van der Waals surface area contributed by atoms with Crippen LogP contribution in [0.2, 0.25) is 0 Å². The molecule has 0 atom stereocenters. The zero-order chi connectivity index (χ0) is 22.9. The number of imide groups is 1. The minimum absolute atomic E-state index is 0.0586. The number of halogens is 1. The summed E-state index contributed by atoms with van der Waals surface area (Å²) >= 11 is 0. The Kier molecular flexibility index (Phi) is 5.37. The molecule has 3 heterocycles. The second-order valence-corrected chi connectivity index (χ2v) is 7.97. The molecule has 0 radical (unpaired) electrons. The molecule has 2 aromatic carbocycles. The van der Waals surface area contributed by atoms with E-state index >= 15 is 0 Å². The molecular formula is C24H22FN5O3. The number of amides is 3. The van der Waals surface area contributed by atoms with Crippen LogP contribution in [0.25, 0.3) is 5.69 Å². The van der Waals surface area contributed by atoms with Gasteiger partial charge in [0, 0.05) is 51.5 Å². The van der Waals surface area contributed by atoms with Gasteiger partial charge in [-0.2, -0.15) is 0 Å². The second kappa shape index (κ2) is 8.50. The lowest BCUT2D eigenvalue weighted by Gasteiger charge is -2.35. The third kappa shape index (κ3) is 3.75. The summed E-state index contributed by atoms with van der Waals surface area (Å²) in [5.74, 6) is -0.526. The van der Waals surface area contributed by atoms with Gasteiger partial charge in [0.1, 0.15) is 5.82 Å². The molecule has 0 unspecified atom stereocenters. The van der Waals surface area contributed by atoms with Crippen molar-refractivity contribution in [2.75, 3.05) is 37.6 Å². The second-order valence-electron chi connectivity index (χ2n) is 7.97. The molecule has 33 heavy (non-hydrogen) atoms. The van der Waals surface area contributed by atoms with E-state index in [1.165, 1.54) is 6.07 Å². The number of benzene rings is 2. The van der Waals surface area contributed by atoms with Crippen molar-refractivity contribution < 1.29 is 18.8 Å². The summed E-state index contributed by atoms with van der Waals surface area (Å²) < 4.78 is 16.0. The molecule has 168 valence electrons. The number of carbonyl (C=O) groups excluding carboxylic acids is 3. The van der Waals surface area contributed by atoms with Crippen LogP contribution in [0.4, 0.5) is 10.3 Å². The number of hydrogen-bond acceptors (Lipinski definition) is 5. The quantitative estimate of drug-likeness (QED) is 0.561. The lowest BCUT2D eigenvalue weighted by atomic mass is 10.1. The molecule has 8 nitrogen and oxygen atoms in total.